The van der Waals surface area contributed by atoms with Gasteiger partial charge in [-0.1, -0.05) is 5.92 Å². The number of nitrogens with zero attached hydrogens (tertiary/aromatic N) is 1. The minimum atomic E-state index is -3.30. The topological polar surface area (TPSA) is 97.4 Å². The van der Waals surface area contributed by atoms with Gasteiger partial charge < -0.3 is 15.4 Å². The highest BCUT2D eigenvalue weighted by Gasteiger charge is 2.12. The highest BCUT2D eigenvalue weighted by Crippen LogP contribution is 2.30. The zero-order valence-corrected chi connectivity index (χ0v) is 15.3. The average molecular weight is 369 g/mol. The van der Waals surface area contributed by atoms with Crippen molar-refractivity contribution in [2.75, 3.05) is 16.7 Å². The molecular formula is C19H19N3O3S. The van der Waals surface area contributed by atoms with Crippen LogP contribution in [0.5, 0.6) is 5.75 Å². The molecular weight excluding hydrogens is 350 g/mol. The lowest BCUT2D eigenvalue weighted by atomic mass is 10.2. The third-order valence-electron chi connectivity index (χ3n) is 3.92. The van der Waals surface area contributed by atoms with Crippen molar-refractivity contribution < 1.29 is 13.5 Å². The van der Waals surface area contributed by atoms with E-state index in [4.69, 9.17) is 5.73 Å². The number of nitrogens with two attached hydrogens (primary N) is 1. The van der Waals surface area contributed by atoms with Crippen LogP contribution in [-0.2, 0) is 16.6 Å². The highest BCUT2D eigenvalue weighted by molar-refractivity contribution is 7.92. The number of nitrogens with one attached hydrogen (secondary N) is 1. The molecule has 2 aromatic carbocycles. The van der Waals surface area contributed by atoms with E-state index < -0.39 is 10.0 Å². The number of anilines is 2. The predicted octanol–water partition coefficient (Wildman–Crippen LogP) is 2.72. The Balaban J connectivity index is 1.99. The Morgan fingerprint density at radius 2 is 1.85 bits per heavy atom. The van der Waals surface area contributed by atoms with Gasteiger partial charge in [0, 0.05) is 29.2 Å². The lowest BCUT2D eigenvalue weighted by molar-refractivity contribution is 0.476. The Bertz CT molecular complexity index is 1130. The Hall–Kier alpha value is -3.11. The number of fused-ring (bicyclic) bond motifs is 1. The molecule has 0 bridgehead atoms. The summed E-state index contributed by atoms with van der Waals surface area (Å²) < 4.78 is 26.8. The quantitative estimate of drug-likeness (QED) is 0.618. The molecule has 0 saturated heterocycles. The molecule has 134 valence electrons. The maximum absolute atomic E-state index is 11.2. The molecule has 26 heavy (non-hydrogen) atoms. The van der Waals surface area contributed by atoms with Crippen molar-refractivity contribution >= 4 is 32.3 Å². The van der Waals surface area contributed by atoms with E-state index in [1.54, 1.807) is 42.5 Å². The normalized spacial score (nSPS) is 11.2. The van der Waals surface area contributed by atoms with Gasteiger partial charge in [0.25, 0.3) is 0 Å². The summed E-state index contributed by atoms with van der Waals surface area (Å²) in [6.07, 6.45) is 1.10. The maximum Gasteiger partial charge on any atom is 0.229 e. The van der Waals surface area contributed by atoms with Crippen LogP contribution in [0.4, 0.5) is 11.4 Å². The van der Waals surface area contributed by atoms with Crippen LogP contribution in [0.3, 0.4) is 0 Å². The average Bonchev–Trinajstić information content (AvgIpc) is 2.83. The van der Waals surface area contributed by atoms with Crippen LogP contribution in [0.25, 0.3) is 10.9 Å². The molecule has 1 heterocycles. The van der Waals surface area contributed by atoms with E-state index in [0.29, 0.717) is 23.6 Å². The molecule has 0 amide bonds. The number of aromatic nitrogens is 1. The number of aryl methyl sites for hydroxylation is 1. The molecule has 1 aromatic heterocycles. The summed E-state index contributed by atoms with van der Waals surface area (Å²) in [6, 6.07) is 11.8. The number of aromatic hydroxyl groups is 1. The molecule has 0 aliphatic carbocycles. The second-order valence-corrected chi connectivity index (χ2v) is 7.66. The number of nitrogen functional groups attached to an aromatic ring is 1. The minimum Gasteiger partial charge on any atom is -0.508 e. The fourth-order valence-corrected chi connectivity index (χ4v) is 3.36. The van der Waals surface area contributed by atoms with Gasteiger partial charge >= 0.3 is 0 Å². The SMILES string of the molecule is CCn1c(C#Cc2ccc(NS(C)(=O)=O)cc2)c(N)c2ccc(O)cc21. The summed E-state index contributed by atoms with van der Waals surface area (Å²) in [5, 5.41) is 10.6. The second kappa shape index (κ2) is 6.65. The van der Waals surface area contributed by atoms with Gasteiger partial charge in [0.15, 0.2) is 0 Å². The van der Waals surface area contributed by atoms with E-state index in [1.165, 1.54) is 0 Å². The first-order chi connectivity index (χ1) is 12.3. The van der Waals surface area contributed by atoms with Crippen LogP contribution >= 0.6 is 0 Å². The number of hydrogen-bond donors (Lipinski definition) is 3. The van der Waals surface area contributed by atoms with E-state index >= 15 is 0 Å². The number of sulfonamides is 1. The largest absolute Gasteiger partial charge is 0.508 e. The van der Waals surface area contributed by atoms with Gasteiger partial charge in [0.05, 0.1) is 17.5 Å². The van der Waals surface area contributed by atoms with Crippen LogP contribution < -0.4 is 10.5 Å². The predicted molar refractivity (Wildman–Crippen MR) is 105 cm³/mol. The van der Waals surface area contributed by atoms with Crippen molar-refractivity contribution in [1.82, 2.24) is 4.57 Å². The van der Waals surface area contributed by atoms with E-state index in [-0.39, 0.29) is 5.75 Å². The standard InChI is InChI=1S/C19H19N3O3S/c1-3-22-17(19(20)16-10-9-15(23)12-18(16)22)11-6-13-4-7-14(8-5-13)21-26(2,24)25/h4-5,7-10,12,21,23H,3,20H2,1-2H3. The molecule has 0 aliphatic rings. The van der Waals surface area contributed by atoms with Crippen LogP contribution in [-0.4, -0.2) is 24.3 Å². The maximum atomic E-state index is 11.2. The van der Waals surface area contributed by atoms with Gasteiger partial charge in [-0.2, -0.15) is 0 Å². The van der Waals surface area contributed by atoms with E-state index in [0.717, 1.165) is 22.7 Å². The van der Waals surface area contributed by atoms with Crippen LogP contribution in [0.1, 0.15) is 18.2 Å². The lowest BCUT2D eigenvalue weighted by Crippen LogP contribution is -2.09. The fraction of sp³-hybridized carbons (Fsp3) is 0.158. The number of phenols is 1. The molecule has 0 radical (unpaired) electrons. The highest BCUT2D eigenvalue weighted by atomic mass is 32.2. The van der Waals surface area contributed by atoms with Crippen LogP contribution in [0.2, 0.25) is 0 Å². The van der Waals surface area contributed by atoms with Crippen molar-refractivity contribution in [3.63, 3.8) is 0 Å². The number of phenolic OH excluding ortho intramolecular Hbond substituents is 1. The van der Waals surface area contributed by atoms with Gasteiger partial charge in [-0.3, -0.25) is 4.72 Å². The Kier molecular flexibility index (Phi) is 4.53. The van der Waals surface area contributed by atoms with Crippen LogP contribution in [0, 0.1) is 11.8 Å². The molecule has 6 nitrogen and oxygen atoms in total. The number of hydrogen-bond acceptors (Lipinski definition) is 4. The van der Waals surface area contributed by atoms with Gasteiger partial charge in [-0.25, -0.2) is 8.42 Å². The Labute approximate surface area is 152 Å². The van der Waals surface area contributed by atoms with Crippen molar-refractivity contribution in [3.8, 4) is 17.6 Å². The molecule has 3 aromatic rings. The summed E-state index contributed by atoms with van der Waals surface area (Å²) in [7, 11) is -3.30. The third-order valence-corrected chi connectivity index (χ3v) is 4.52. The van der Waals surface area contributed by atoms with Gasteiger partial charge in [0.1, 0.15) is 11.4 Å². The third kappa shape index (κ3) is 3.60. The summed E-state index contributed by atoms with van der Waals surface area (Å²) >= 11 is 0. The minimum absolute atomic E-state index is 0.179. The Morgan fingerprint density at radius 3 is 2.46 bits per heavy atom. The fourth-order valence-electron chi connectivity index (χ4n) is 2.79. The van der Waals surface area contributed by atoms with E-state index in [1.807, 2.05) is 11.5 Å². The zero-order valence-electron chi connectivity index (χ0n) is 14.4. The van der Waals surface area contributed by atoms with E-state index in [2.05, 4.69) is 16.6 Å². The van der Waals surface area contributed by atoms with Gasteiger partial charge in [-0.05, 0) is 49.2 Å². The molecule has 0 unspecified atom stereocenters. The second-order valence-electron chi connectivity index (χ2n) is 5.91. The molecule has 0 aliphatic heterocycles. The summed E-state index contributed by atoms with van der Waals surface area (Å²) in [5.41, 5.74) is 9.55. The van der Waals surface area contributed by atoms with E-state index in [9.17, 15) is 13.5 Å². The Morgan fingerprint density at radius 1 is 1.15 bits per heavy atom. The number of rotatable bonds is 3. The first-order valence-electron chi connectivity index (χ1n) is 7.99. The van der Waals surface area contributed by atoms with Crippen molar-refractivity contribution in [1.29, 1.82) is 0 Å². The first-order valence-corrected chi connectivity index (χ1v) is 9.88. The van der Waals surface area contributed by atoms with Crippen molar-refractivity contribution in [3.05, 3.63) is 53.7 Å². The summed E-state index contributed by atoms with van der Waals surface area (Å²) in [4.78, 5) is 0. The number of benzene rings is 2. The van der Waals surface area contributed by atoms with Crippen LogP contribution in [0.15, 0.2) is 42.5 Å². The molecule has 3 rings (SSSR count). The molecule has 0 spiro atoms. The molecule has 0 fully saturated rings. The van der Waals surface area contributed by atoms with Crippen molar-refractivity contribution in [2.24, 2.45) is 0 Å². The molecule has 0 atom stereocenters. The summed E-state index contributed by atoms with van der Waals surface area (Å²) in [6.45, 7) is 2.65. The van der Waals surface area contributed by atoms with Gasteiger partial charge in [0.2, 0.25) is 10.0 Å². The first kappa shape index (κ1) is 17.7. The molecule has 7 heteroatoms. The van der Waals surface area contributed by atoms with Gasteiger partial charge in [-0.15, -0.1) is 0 Å². The molecule has 0 saturated carbocycles. The smallest absolute Gasteiger partial charge is 0.229 e. The monoisotopic (exact) mass is 369 g/mol. The lowest BCUT2D eigenvalue weighted by Gasteiger charge is -2.04. The summed E-state index contributed by atoms with van der Waals surface area (Å²) in [5.74, 6) is 6.32. The molecule has 4 N–H and O–H groups in total. The van der Waals surface area contributed by atoms with Crippen molar-refractivity contribution in [2.45, 2.75) is 13.5 Å². The zero-order chi connectivity index (χ0) is 18.9.